The molecule has 1 aliphatic heterocycles. The molecule has 3 rings (SSSR count). The van der Waals surface area contributed by atoms with Crippen LogP contribution in [0.4, 0.5) is 0 Å². The summed E-state index contributed by atoms with van der Waals surface area (Å²) in [5.74, 6) is 1.61. The zero-order chi connectivity index (χ0) is 11.8. The molecule has 1 aromatic rings. The van der Waals surface area contributed by atoms with Crippen molar-refractivity contribution in [1.29, 1.82) is 0 Å². The molecule has 90 valence electrons. The number of nitrogens with one attached hydrogen (secondary N) is 1. The van der Waals surface area contributed by atoms with E-state index in [1.807, 2.05) is 6.20 Å². The lowest BCUT2D eigenvalue weighted by Crippen LogP contribution is -2.54. The second kappa shape index (κ2) is 4.42. The van der Waals surface area contributed by atoms with E-state index in [4.69, 9.17) is 4.74 Å². The van der Waals surface area contributed by atoms with Crippen LogP contribution in [0.25, 0.3) is 5.57 Å². The molecule has 0 amide bonds. The zero-order valence-corrected chi connectivity index (χ0v) is 11.3. The van der Waals surface area contributed by atoms with Crippen LogP contribution in [-0.2, 0) is 0 Å². The Morgan fingerprint density at radius 2 is 2.41 bits per heavy atom. The lowest BCUT2D eigenvalue weighted by atomic mass is 9.76. The molecule has 0 radical (unpaired) electrons. The van der Waals surface area contributed by atoms with Gasteiger partial charge < -0.3 is 10.1 Å². The molecule has 0 unspecified atom stereocenters. The lowest BCUT2D eigenvalue weighted by molar-refractivity contribution is 0.262. The first kappa shape index (κ1) is 11.2. The molecular weight excluding hydrogens is 280 g/mol. The minimum absolute atomic E-state index is 0.524. The largest absolute Gasteiger partial charge is 0.494 e. The van der Waals surface area contributed by atoms with E-state index in [-0.39, 0.29) is 0 Å². The summed E-state index contributed by atoms with van der Waals surface area (Å²) in [6.07, 6.45) is 6.73. The Kier molecular flexibility index (Phi) is 2.92. The van der Waals surface area contributed by atoms with Crippen LogP contribution < -0.4 is 10.1 Å². The number of nitrogens with zero attached hydrogens (tertiary/aromatic N) is 1. The monoisotopic (exact) mass is 294 g/mol. The predicted octanol–water partition coefficient (Wildman–Crippen LogP) is 2.62. The smallest absolute Gasteiger partial charge is 0.152 e. The number of methoxy groups -OCH3 is 1. The minimum atomic E-state index is 0.524. The van der Waals surface area contributed by atoms with Crippen LogP contribution in [0, 0.1) is 5.92 Å². The Labute approximate surface area is 109 Å². The SMILES string of the molecule is COc1cc(C2=CCC[C@H]3CN[C@@H]23)cnc1Br. The second-order valence-electron chi connectivity index (χ2n) is 4.60. The molecule has 17 heavy (non-hydrogen) atoms. The summed E-state index contributed by atoms with van der Waals surface area (Å²) in [5, 5.41) is 3.50. The first-order chi connectivity index (χ1) is 8.29. The molecular formula is C13H15BrN2O. The van der Waals surface area contributed by atoms with E-state index in [1.165, 1.54) is 24.0 Å². The summed E-state index contributed by atoms with van der Waals surface area (Å²) in [7, 11) is 1.67. The van der Waals surface area contributed by atoms with Gasteiger partial charge >= 0.3 is 0 Å². The Balaban J connectivity index is 1.95. The third kappa shape index (κ3) is 1.89. The highest BCUT2D eigenvalue weighted by molar-refractivity contribution is 9.10. The highest BCUT2D eigenvalue weighted by Gasteiger charge is 2.35. The van der Waals surface area contributed by atoms with E-state index in [9.17, 15) is 0 Å². The van der Waals surface area contributed by atoms with E-state index < -0.39 is 0 Å². The van der Waals surface area contributed by atoms with Crippen molar-refractivity contribution >= 4 is 21.5 Å². The van der Waals surface area contributed by atoms with Gasteiger partial charge in [0.15, 0.2) is 5.75 Å². The number of pyridine rings is 1. The molecule has 1 N–H and O–H groups in total. The summed E-state index contributed by atoms with van der Waals surface area (Å²) in [5.41, 5.74) is 2.55. The predicted molar refractivity (Wildman–Crippen MR) is 71.0 cm³/mol. The maximum Gasteiger partial charge on any atom is 0.152 e. The first-order valence-electron chi connectivity index (χ1n) is 5.93. The van der Waals surface area contributed by atoms with Crippen molar-refractivity contribution in [3.63, 3.8) is 0 Å². The van der Waals surface area contributed by atoms with Gasteiger partial charge in [-0.15, -0.1) is 0 Å². The lowest BCUT2D eigenvalue weighted by Gasteiger charge is -2.42. The molecule has 0 saturated carbocycles. The summed E-state index contributed by atoms with van der Waals surface area (Å²) >= 11 is 3.38. The topological polar surface area (TPSA) is 34.1 Å². The number of rotatable bonds is 2. The van der Waals surface area contributed by atoms with E-state index in [0.29, 0.717) is 6.04 Å². The van der Waals surface area contributed by atoms with Crippen LogP contribution in [0.5, 0.6) is 5.75 Å². The normalized spacial score (nSPS) is 26.8. The molecule has 2 heterocycles. The number of allylic oxidation sites excluding steroid dienone is 1. The summed E-state index contributed by atoms with van der Waals surface area (Å²) < 4.78 is 6.06. The standard InChI is InChI=1S/C13H15BrN2O/c1-17-11-5-9(7-16-13(11)14)10-4-2-3-8-6-15-12(8)10/h4-5,7-8,12,15H,2-3,6H2,1H3/t8-,12+/m0/s1. The Bertz CT molecular complexity index is 472. The molecule has 1 aliphatic carbocycles. The molecule has 4 heteroatoms. The maximum absolute atomic E-state index is 5.30. The molecule has 0 aromatic carbocycles. The third-order valence-electron chi connectivity index (χ3n) is 3.67. The molecule has 1 aromatic heterocycles. The number of hydrogen-bond donors (Lipinski definition) is 1. The number of hydrogen-bond acceptors (Lipinski definition) is 3. The maximum atomic E-state index is 5.30. The van der Waals surface area contributed by atoms with Gasteiger partial charge in [0, 0.05) is 24.3 Å². The molecule has 2 aliphatic rings. The van der Waals surface area contributed by atoms with Crippen molar-refractivity contribution in [1.82, 2.24) is 10.3 Å². The van der Waals surface area contributed by atoms with Gasteiger partial charge in [-0.2, -0.15) is 0 Å². The van der Waals surface area contributed by atoms with Crippen LogP contribution in [0.1, 0.15) is 18.4 Å². The fraction of sp³-hybridized carbons (Fsp3) is 0.462. The van der Waals surface area contributed by atoms with Gasteiger partial charge in [-0.25, -0.2) is 4.98 Å². The molecule has 3 nitrogen and oxygen atoms in total. The number of halogens is 1. The van der Waals surface area contributed by atoms with Gasteiger partial charge in [-0.05, 0) is 46.3 Å². The zero-order valence-electron chi connectivity index (χ0n) is 9.74. The van der Waals surface area contributed by atoms with Gasteiger partial charge in [0.05, 0.1) is 7.11 Å². The van der Waals surface area contributed by atoms with Crippen molar-refractivity contribution in [3.05, 3.63) is 28.5 Å². The quantitative estimate of drug-likeness (QED) is 0.852. The van der Waals surface area contributed by atoms with Crippen molar-refractivity contribution in [3.8, 4) is 5.75 Å². The van der Waals surface area contributed by atoms with Crippen molar-refractivity contribution in [2.45, 2.75) is 18.9 Å². The molecule has 1 saturated heterocycles. The number of ether oxygens (including phenoxy) is 1. The third-order valence-corrected chi connectivity index (χ3v) is 4.26. The van der Waals surface area contributed by atoms with Crippen molar-refractivity contribution in [2.24, 2.45) is 5.92 Å². The Morgan fingerprint density at radius 1 is 1.53 bits per heavy atom. The molecule has 1 fully saturated rings. The van der Waals surface area contributed by atoms with Crippen molar-refractivity contribution < 1.29 is 4.74 Å². The van der Waals surface area contributed by atoms with E-state index >= 15 is 0 Å². The van der Waals surface area contributed by atoms with Gasteiger partial charge in [0.1, 0.15) is 4.60 Å². The van der Waals surface area contributed by atoms with Gasteiger partial charge in [0.2, 0.25) is 0 Å². The summed E-state index contributed by atoms with van der Waals surface area (Å²) in [6.45, 7) is 1.16. The average molecular weight is 295 g/mol. The first-order valence-corrected chi connectivity index (χ1v) is 6.72. The summed E-state index contributed by atoms with van der Waals surface area (Å²) in [6, 6.07) is 2.59. The highest BCUT2D eigenvalue weighted by Crippen LogP contribution is 2.37. The van der Waals surface area contributed by atoms with Crippen LogP contribution in [-0.4, -0.2) is 24.7 Å². The van der Waals surface area contributed by atoms with Crippen LogP contribution in [0.3, 0.4) is 0 Å². The summed E-state index contributed by atoms with van der Waals surface area (Å²) in [4.78, 5) is 4.33. The molecule has 0 bridgehead atoms. The highest BCUT2D eigenvalue weighted by atomic mass is 79.9. The Morgan fingerprint density at radius 3 is 3.12 bits per heavy atom. The van der Waals surface area contributed by atoms with Gasteiger partial charge in [0.25, 0.3) is 0 Å². The van der Waals surface area contributed by atoms with E-state index in [1.54, 1.807) is 7.11 Å². The Hall–Kier alpha value is -0.870. The number of fused-ring (bicyclic) bond motifs is 1. The van der Waals surface area contributed by atoms with Crippen molar-refractivity contribution in [2.75, 3.05) is 13.7 Å². The minimum Gasteiger partial charge on any atom is -0.494 e. The van der Waals surface area contributed by atoms with E-state index in [2.05, 4.69) is 38.4 Å². The molecule has 0 spiro atoms. The molecule has 2 atom stereocenters. The number of aromatic nitrogens is 1. The average Bonchev–Trinajstić information content (AvgIpc) is 2.31. The van der Waals surface area contributed by atoms with Crippen LogP contribution in [0.2, 0.25) is 0 Å². The van der Waals surface area contributed by atoms with Gasteiger partial charge in [-0.1, -0.05) is 6.08 Å². The second-order valence-corrected chi connectivity index (χ2v) is 5.35. The fourth-order valence-corrected chi connectivity index (χ4v) is 3.02. The fourth-order valence-electron chi connectivity index (χ4n) is 2.64. The van der Waals surface area contributed by atoms with Crippen LogP contribution in [0.15, 0.2) is 22.9 Å². The van der Waals surface area contributed by atoms with Crippen LogP contribution >= 0.6 is 15.9 Å². The van der Waals surface area contributed by atoms with E-state index in [0.717, 1.165) is 22.8 Å². The van der Waals surface area contributed by atoms with Gasteiger partial charge in [-0.3, -0.25) is 0 Å².